The van der Waals surface area contributed by atoms with Crippen LogP contribution >= 0.6 is 0 Å². The summed E-state index contributed by atoms with van der Waals surface area (Å²) in [5, 5.41) is 9.50. The standard InChI is InChI=1S/C10H14O.C2H6O/c1-3-4-9-5-7-10(2,11)8-6-9;1-3-2/h3,5-7,11H,1,4,8H2,2H3;1-2H3. The lowest BCUT2D eigenvalue weighted by atomic mass is 9.93. The van der Waals surface area contributed by atoms with Crippen molar-refractivity contribution in [1.29, 1.82) is 0 Å². The molecule has 0 fully saturated rings. The molecular weight excluding hydrogens is 176 g/mol. The van der Waals surface area contributed by atoms with E-state index in [1.54, 1.807) is 14.2 Å². The van der Waals surface area contributed by atoms with Crippen LogP contribution in [0.25, 0.3) is 0 Å². The summed E-state index contributed by atoms with van der Waals surface area (Å²) >= 11 is 0. The molecule has 1 atom stereocenters. The van der Waals surface area contributed by atoms with E-state index in [4.69, 9.17) is 0 Å². The number of hydrogen-bond donors (Lipinski definition) is 1. The molecule has 1 N–H and O–H groups in total. The topological polar surface area (TPSA) is 29.5 Å². The Morgan fingerprint density at radius 3 is 2.57 bits per heavy atom. The lowest BCUT2D eigenvalue weighted by Crippen LogP contribution is -2.21. The van der Waals surface area contributed by atoms with Gasteiger partial charge in [0.05, 0.1) is 5.60 Å². The maximum Gasteiger partial charge on any atom is 0.0837 e. The van der Waals surface area contributed by atoms with Crippen molar-refractivity contribution in [3.63, 3.8) is 0 Å². The van der Waals surface area contributed by atoms with Gasteiger partial charge < -0.3 is 9.84 Å². The van der Waals surface area contributed by atoms with Gasteiger partial charge in [-0.2, -0.15) is 0 Å². The molecule has 0 aliphatic heterocycles. The number of methoxy groups -OCH3 is 1. The molecule has 1 rings (SSSR count). The predicted molar refractivity (Wildman–Crippen MR) is 60.2 cm³/mol. The minimum absolute atomic E-state index is 0.634. The van der Waals surface area contributed by atoms with E-state index in [0.29, 0.717) is 6.42 Å². The Labute approximate surface area is 86.6 Å². The van der Waals surface area contributed by atoms with Crippen molar-refractivity contribution < 1.29 is 9.84 Å². The highest BCUT2D eigenvalue weighted by Gasteiger charge is 2.17. The molecule has 0 aromatic heterocycles. The van der Waals surface area contributed by atoms with Crippen LogP contribution in [0.3, 0.4) is 0 Å². The first-order chi connectivity index (χ1) is 6.55. The van der Waals surface area contributed by atoms with Crippen molar-refractivity contribution in [2.45, 2.75) is 25.4 Å². The average Bonchev–Trinajstić information content (AvgIpc) is 2.10. The first-order valence-corrected chi connectivity index (χ1v) is 4.67. The van der Waals surface area contributed by atoms with Crippen LogP contribution in [-0.2, 0) is 4.74 Å². The number of allylic oxidation sites excluding steroid dienone is 3. The Morgan fingerprint density at radius 2 is 2.21 bits per heavy atom. The van der Waals surface area contributed by atoms with Gasteiger partial charge in [0.25, 0.3) is 0 Å². The van der Waals surface area contributed by atoms with Gasteiger partial charge in [-0.15, -0.1) is 6.58 Å². The van der Waals surface area contributed by atoms with E-state index in [2.05, 4.69) is 17.4 Å². The van der Waals surface area contributed by atoms with Crippen LogP contribution in [0, 0.1) is 0 Å². The molecule has 80 valence electrons. The van der Waals surface area contributed by atoms with Crippen LogP contribution in [0.2, 0.25) is 0 Å². The van der Waals surface area contributed by atoms with E-state index >= 15 is 0 Å². The summed E-state index contributed by atoms with van der Waals surface area (Å²) in [6.07, 6.45) is 9.34. The predicted octanol–water partition coefficient (Wildman–Crippen LogP) is 2.46. The second kappa shape index (κ2) is 6.57. The van der Waals surface area contributed by atoms with E-state index in [9.17, 15) is 5.11 Å². The fraction of sp³-hybridized carbons (Fsp3) is 0.500. The summed E-state index contributed by atoms with van der Waals surface area (Å²) in [6.45, 7) is 5.46. The summed E-state index contributed by atoms with van der Waals surface area (Å²) in [5.74, 6) is 0. The number of ether oxygens (including phenoxy) is 1. The Bertz CT molecular complexity index is 224. The fourth-order valence-electron chi connectivity index (χ4n) is 1.08. The van der Waals surface area contributed by atoms with Gasteiger partial charge in [-0.1, -0.05) is 24.3 Å². The molecule has 2 heteroatoms. The van der Waals surface area contributed by atoms with Gasteiger partial charge in [-0.05, 0) is 25.3 Å². The molecule has 0 heterocycles. The minimum atomic E-state index is -0.634. The first-order valence-electron chi connectivity index (χ1n) is 4.67. The van der Waals surface area contributed by atoms with Gasteiger partial charge in [-0.25, -0.2) is 0 Å². The molecule has 2 nitrogen and oxygen atoms in total. The van der Waals surface area contributed by atoms with Crippen molar-refractivity contribution in [1.82, 2.24) is 0 Å². The SMILES string of the molecule is C=CCC1=CCC(C)(O)C=C1.COC. The van der Waals surface area contributed by atoms with Gasteiger partial charge in [-0.3, -0.25) is 0 Å². The molecular formula is C12H20O2. The monoisotopic (exact) mass is 196 g/mol. The Balaban J connectivity index is 0.000000500. The summed E-state index contributed by atoms with van der Waals surface area (Å²) < 4.78 is 4.25. The largest absolute Gasteiger partial charge is 0.388 e. The van der Waals surface area contributed by atoms with Crippen LogP contribution in [0.1, 0.15) is 19.8 Å². The zero-order valence-electron chi connectivity index (χ0n) is 9.29. The maximum absolute atomic E-state index is 9.50. The third-order valence-electron chi connectivity index (χ3n) is 1.81. The van der Waals surface area contributed by atoms with E-state index in [0.717, 1.165) is 6.42 Å². The molecule has 0 aromatic rings. The van der Waals surface area contributed by atoms with Crippen molar-refractivity contribution in [2.75, 3.05) is 14.2 Å². The van der Waals surface area contributed by atoms with Crippen LogP contribution in [0.15, 0.2) is 36.5 Å². The van der Waals surface area contributed by atoms with Crippen molar-refractivity contribution >= 4 is 0 Å². The van der Waals surface area contributed by atoms with E-state index < -0.39 is 5.60 Å². The molecule has 1 unspecified atom stereocenters. The molecule has 14 heavy (non-hydrogen) atoms. The Hall–Kier alpha value is -0.860. The van der Waals surface area contributed by atoms with Gasteiger partial charge in [0, 0.05) is 14.2 Å². The zero-order chi connectivity index (χ0) is 11.0. The Kier molecular flexibility index (Phi) is 6.17. The number of aliphatic hydroxyl groups is 1. The minimum Gasteiger partial charge on any atom is -0.388 e. The average molecular weight is 196 g/mol. The quantitative estimate of drug-likeness (QED) is 0.687. The number of hydrogen-bond acceptors (Lipinski definition) is 2. The second-order valence-electron chi connectivity index (χ2n) is 3.57. The van der Waals surface area contributed by atoms with Crippen LogP contribution in [0.4, 0.5) is 0 Å². The highest BCUT2D eigenvalue weighted by atomic mass is 16.4. The highest BCUT2D eigenvalue weighted by Crippen LogP contribution is 2.21. The summed E-state index contributed by atoms with van der Waals surface area (Å²) in [5.41, 5.74) is 0.608. The summed E-state index contributed by atoms with van der Waals surface area (Å²) in [6, 6.07) is 0. The lowest BCUT2D eigenvalue weighted by Gasteiger charge is -2.20. The summed E-state index contributed by atoms with van der Waals surface area (Å²) in [7, 11) is 3.25. The van der Waals surface area contributed by atoms with Gasteiger partial charge >= 0.3 is 0 Å². The summed E-state index contributed by atoms with van der Waals surface area (Å²) in [4.78, 5) is 0. The molecule has 0 radical (unpaired) electrons. The molecule has 1 aliphatic carbocycles. The molecule has 0 bridgehead atoms. The van der Waals surface area contributed by atoms with Crippen LogP contribution < -0.4 is 0 Å². The van der Waals surface area contributed by atoms with E-state index in [1.807, 2.05) is 25.2 Å². The smallest absolute Gasteiger partial charge is 0.0837 e. The second-order valence-corrected chi connectivity index (χ2v) is 3.57. The normalized spacial score (nSPS) is 24.7. The molecule has 0 aromatic carbocycles. The maximum atomic E-state index is 9.50. The third-order valence-corrected chi connectivity index (χ3v) is 1.81. The van der Waals surface area contributed by atoms with Crippen molar-refractivity contribution in [2.24, 2.45) is 0 Å². The van der Waals surface area contributed by atoms with E-state index in [-0.39, 0.29) is 0 Å². The lowest BCUT2D eigenvalue weighted by molar-refractivity contribution is 0.113. The van der Waals surface area contributed by atoms with Gasteiger partial charge in [0.2, 0.25) is 0 Å². The number of rotatable bonds is 2. The molecule has 1 aliphatic rings. The first kappa shape index (κ1) is 13.1. The zero-order valence-corrected chi connectivity index (χ0v) is 9.29. The fourth-order valence-corrected chi connectivity index (χ4v) is 1.08. The molecule has 0 spiro atoms. The van der Waals surface area contributed by atoms with Crippen molar-refractivity contribution in [3.8, 4) is 0 Å². The highest BCUT2D eigenvalue weighted by molar-refractivity contribution is 5.28. The third kappa shape index (κ3) is 5.73. The van der Waals surface area contributed by atoms with Crippen LogP contribution in [0.5, 0.6) is 0 Å². The molecule has 0 saturated carbocycles. The van der Waals surface area contributed by atoms with Gasteiger partial charge in [0.15, 0.2) is 0 Å². The Morgan fingerprint density at radius 1 is 1.64 bits per heavy atom. The molecule has 0 amide bonds. The van der Waals surface area contributed by atoms with Crippen molar-refractivity contribution in [3.05, 3.63) is 36.5 Å². The van der Waals surface area contributed by atoms with Gasteiger partial charge in [0.1, 0.15) is 0 Å². The molecule has 0 saturated heterocycles. The van der Waals surface area contributed by atoms with Crippen LogP contribution in [-0.4, -0.2) is 24.9 Å². The van der Waals surface area contributed by atoms with E-state index in [1.165, 1.54) is 5.57 Å².